The van der Waals surface area contributed by atoms with E-state index in [-0.39, 0.29) is 17.9 Å². The number of phenols is 1. The van der Waals surface area contributed by atoms with Crippen molar-refractivity contribution >= 4 is 5.97 Å². The molecule has 0 amide bonds. The molecule has 13 heteroatoms. The molecule has 7 N–H and O–H groups in total. The van der Waals surface area contributed by atoms with Gasteiger partial charge in [0.05, 0.1) is 19.8 Å². The molecule has 208 valence electrons. The van der Waals surface area contributed by atoms with E-state index < -0.39 is 80.2 Å². The normalized spacial score (nSPS) is 33.2. The number of rotatable bonds is 9. The first-order valence-electron chi connectivity index (χ1n) is 11.8. The Bertz CT molecular complexity index is 1080. The Morgan fingerprint density at radius 3 is 2.39 bits per heavy atom. The molecule has 4 rings (SSSR count). The molecule has 8 unspecified atom stereocenters. The molecule has 8 atom stereocenters. The predicted octanol–water partition coefficient (Wildman–Crippen LogP) is -1.61. The van der Waals surface area contributed by atoms with E-state index in [9.17, 15) is 40.5 Å². The van der Waals surface area contributed by atoms with Crippen LogP contribution < -0.4 is 4.74 Å². The predicted molar refractivity (Wildman–Crippen MR) is 125 cm³/mol. The van der Waals surface area contributed by atoms with Crippen molar-refractivity contribution in [1.82, 2.24) is 0 Å². The molecular weight excluding hydrogens is 508 g/mol. The highest BCUT2D eigenvalue weighted by molar-refractivity contribution is 5.95. The lowest BCUT2D eigenvalue weighted by atomic mass is 9.98. The van der Waals surface area contributed by atoms with Gasteiger partial charge in [-0.05, 0) is 17.7 Å². The van der Waals surface area contributed by atoms with Crippen molar-refractivity contribution in [2.45, 2.75) is 55.3 Å². The highest BCUT2D eigenvalue weighted by atomic mass is 16.8. The monoisotopic (exact) mass is 538 g/mol. The number of carbonyl (C=O) groups excluding carboxylic acids is 1. The molecule has 0 spiro atoms. The third-order valence-electron chi connectivity index (χ3n) is 6.36. The number of hydrogen-bond donors (Lipinski definition) is 7. The first-order chi connectivity index (χ1) is 18.2. The summed E-state index contributed by atoms with van der Waals surface area (Å²) in [5.74, 6) is -1.64. The van der Waals surface area contributed by atoms with Crippen LogP contribution in [0, 0.1) is 0 Å². The van der Waals surface area contributed by atoms with Gasteiger partial charge in [-0.25, -0.2) is 4.79 Å². The number of aromatic hydroxyl groups is 1. The molecule has 0 radical (unpaired) electrons. The third kappa shape index (κ3) is 5.76. The van der Waals surface area contributed by atoms with Gasteiger partial charge in [-0.3, -0.25) is 0 Å². The van der Waals surface area contributed by atoms with Gasteiger partial charge in [0, 0.05) is 0 Å². The van der Waals surface area contributed by atoms with Crippen LogP contribution in [0.15, 0.2) is 48.5 Å². The topological polar surface area (TPSA) is 205 Å². The van der Waals surface area contributed by atoms with E-state index in [2.05, 4.69) is 0 Å². The van der Waals surface area contributed by atoms with E-state index in [0.717, 1.165) is 0 Å². The van der Waals surface area contributed by atoms with E-state index in [1.54, 1.807) is 30.3 Å². The second kappa shape index (κ2) is 11.9. The average molecular weight is 539 g/mol. The van der Waals surface area contributed by atoms with Gasteiger partial charge in [0.2, 0.25) is 6.29 Å². The summed E-state index contributed by atoms with van der Waals surface area (Å²) in [7, 11) is 0. The summed E-state index contributed by atoms with van der Waals surface area (Å²) >= 11 is 0. The number of carbonyl (C=O) groups is 1. The molecule has 2 aromatic carbocycles. The molecule has 2 heterocycles. The Kier molecular flexibility index (Phi) is 8.82. The zero-order valence-electron chi connectivity index (χ0n) is 20.1. The maximum absolute atomic E-state index is 12.9. The number of ether oxygens (including phenoxy) is 5. The minimum absolute atomic E-state index is 0.0960. The van der Waals surface area contributed by atoms with E-state index in [1.807, 2.05) is 0 Å². The quantitative estimate of drug-likeness (QED) is 0.180. The molecule has 13 nitrogen and oxygen atoms in total. The first kappa shape index (κ1) is 28.2. The van der Waals surface area contributed by atoms with Crippen LogP contribution in [0.5, 0.6) is 11.5 Å². The van der Waals surface area contributed by atoms with E-state index in [4.69, 9.17) is 23.7 Å². The molecule has 2 saturated heterocycles. The summed E-state index contributed by atoms with van der Waals surface area (Å²) in [5, 5.41) is 71.1. The second-order valence-electron chi connectivity index (χ2n) is 9.02. The molecule has 2 fully saturated rings. The summed E-state index contributed by atoms with van der Waals surface area (Å²) in [6.07, 6.45) is -11.3. The van der Waals surface area contributed by atoms with Crippen LogP contribution >= 0.6 is 0 Å². The lowest BCUT2D eigenvalue weighted by Crippen LogP contribution is -2.62. The third-order valence-corrected chi connectivity index (χ3v) is 6.36. The van der Waals surface area contributed by atoms with Crippen LogP contribution in [0.4, 0.5) is 0 Å². The van der Waals surface area contributed by atoms with E-state index in [1.165, 1.54) is 18.2 Å². The molecular formula is C25H30O13. The number of aliphatic hydroxyl groups is 6. The van der Waals surface area contributed by atoms with Crippen molar-refractivity contribution < 1.29 is 64.2 Å². The molecule has 0 aliphatic carbocycles. The van der Waals surface area contributed by atoms with E-state index in [0.29, 0.717) is 5.56 Å². The van der Waals surface area contributed by atoms with Gasteiger partial charge in [-0.1, -0.05) is 36.4 Å². The van der Waals surface area contributed by atoms with Crippen LogP contribution in [0.1, 0.15) is 15.9 Å². The number of esters is 1. The summed E-state index contributed by atoms with van der Waals surface area (Å²) in [4.78, 5) is 12.9. The largest absolute Gasteiger partial charge is 0.507 e. The average Bonchev–Trinajstić information content (AvgIpc) is 3.21. The van der Waals surface area contributed by atoms with Gasteiger partial charge in [-0.2, -0.15) is 0 Å². The zero-order chi connectivity index (χ0) is 27.4. The number of hydrogen-bond acceptors (Lipinski definition) is 13. The fourth-order valence-corrected chi connectivity index (χ4v) is 4.10. The summed E-state index contributed by atoms with van der Waals surface area (Å²) in [6.45, 7) is -2.15. The Morgan fingerprint density at radius 1 is 1.00 bits per heavy atom. The van der Waals surface area contributed by atoms with Crippen molar-refractivity contribution in [2.24, 2.45) is 0 Å². The molecule has 0 saturated carbocycles. The fourth-order valence-electron chi connectivity index (χ4n) is 4.10. The van der Waals surface area contributed by atoms with Crippen molar-refractivity contribution in [3.63, 3.8) is 0 Å². The lowest BCUT2D eigenvalue weighted by molar-refractivity contribution is -0.319. The Labute approximate surface area is 217 Å². The summed E-state index contributed by atoms with van der Waals surface area (Å²) < 4.78 is 27.5. The maximum atomic E-state index is 12.9. The van der Waals surface area contributed by atoms with Crippen molar-refractivity contribution in [3.8, 4) is 11.5 Å². The van der Waals surface area contributed by atoms with Crippen LogP contribution in [0.3, 0.4) is 0 Å². The molecule has 0 bridgehead atoms. The molecule has 2 aromatic rings. The molecule has 38 heavy (non-hydrogen) atoms. The Morgan fingerprint density at radius 2 is 1.74 bits per heavy atom. The Balaban J connectivity index is 1.57. The van der Waals surface area contributed by atoms with Gasteiger partial charge in [0.15, 0.2) is 12.4 Å². The van der Waals surface area contributed by atoms with Gasteiger partial charge in [-0.15, -0.1) is 0 Å². The SMILES string of the molecule is O=C(OCc1ccccc1)c1c(O)cccc1OC1OC(CO)C(O)C(O)C1OC1OCC(O)(CO)C1O. The lowest BCUT2D eigenvalue weighted by Gasteiger charge is -2.42. The van der Waals surface area contributed by atoms with Crippen LogP contribution in [0.2, 0.25) is 0 Å². The first-order valence-corrected chi connectivity index (χ1v) is 11.8. The summed E-state index contributed by atoms with van der Waals surface area (Å²) in [5.41, 5.74) is -1.70. The number of phenolic OH excluding ortho intramolecular Hbond substituents is 1. The summed E-state index contributed by atoms with van der Waals surface area (Å²) in [6, 6.07) is 12.7. The van der Waals surface area contributed by atoms with Crippen LogP contribution in [-0.4, -0.2) is 110 Å². The standard InChI is InChI=1S/C25H30O13/c26-9-16-18(29)19(30)20(38-24-21(31)25(33,11-27)12-35-24)23(37-16)36-15-8-4-7-14(28)17(15)22(32)34-10-13-5-2-1-3-6-13/h1-8,16,18-21,23-24,26-31,33H,9-12H2. The van der Waals surface area contributed by atoms with Crippen LogP contribution in [-0.2, 0) is 25.6 Å². The van der Waals surface area contributed by atoms with Gasteiger partial charge in [0.25, 0.3) is 0 Å². The van der Waals surface area contributed by atoms with Crippen LogP contribution in [0.25, 0.3) is 0 Å². The number of benzene rings is 2. The highest BCUT2D eigenvalue weighted by Crippen LogP contribution is 2.35. The Hall–Kier alpha value is -2.85. The fraction of sp³-hybridized carbons (Fsp3) is 0.480. The van der Waals surface area contributed by atoms with Gasteiger partial charge < -0.3 is 59.4 Å². The molecule has 2 aliphatic rings. The minimum Gasteiger partial charge on any atom is -0.507 e. The van der Waals surface area contributed by atoms with Crippen molar-refractivity contribution in [1.29, 1.82) is 0 Å². The highest BCUT2D eigenvalue weighted by Gasteiger charge is 2.53. The van der Waals surface area contributed by atoms with E-state index >= 15 is 0 Å². The van der Waals surface area contributed by atoms with Gasteiger partial charge in [0.1, 0.15) is 53.7 Å². The second-order valence-corrected chi connectivity index (χ2v) is 9.02. The van der Waals surface area contributed by atoms with Crippen molar-refractivity contribution in [3.05, 3.63) is 59.7 Å². The molecule has 0 aromatic heterocycles. The van der Waals surface area contributed by atoms with Crippen molar-refractivity contribution in [2.75, 3.05) is 19.8 Å². The maximum Gasteiger partial charge on any atom is 0.346 e. The number of aliphatic hydroxyl groups excluding tert-OH is 5. The minimum atomic E-state index is -2.03. The van der Waals surface area contributed by atoms with Gasteiger partial charge >= 0.3 is 5.97 Å². The smallest absolute Gasteiger partial charge is 0.346 e. The molecule has 2 aliphatic heterocycles. The zero-order valence-corrected chi connectivity index (χ0v) is 20.1.